The van der Waals surface area contributed by atoms with Crippen molar-refractivity contribution >= 4 is 11.6 Å². The maximum Gasteiger partial charge on any atom is 0.142 e. The minimum atomic E-state index is -0.552. The summed E-state index contributed by atoms with van der Waals surface area (Å²) in [7, 11) is 0. The first-order chi connectivity index (χ1) is 6.68. The molecule has 0 aromatic heterocycles. The highest BCUT2D eigenvalue weighted by atomic mass is 35.5. The van der Waals surface area contributed by atoms with Gasteiger partial charge in [0, 0.05) is 12.1 Å². The van der Waals surface area contributed by atoms with Crippen molar-refractivity contribution in [3.8, 4) is 0 Å². The van der Waals surface area contributed by atoms with Gasteiger partial charge in [-0.05, 0) is 31.6 Å². The van der Waals surface area contributed by atoms with Gasteiger partial charge in [0.05, 0.1) is 5.02 Å². The molecule has 0 unspecified atom stereocenters. The molecule has 1 nitrogen and oxygen atoms in total. The first-order valence-electron chi connectivity index (χ1n) is 4.53. The van der Waals surface area contributed by atoms with Crippen LogP contribution in [-0.2, 0) is 6.54 Å². The molecule has 0 spiro atoms. The summed E-state index contributed by atoms with van der Waals surface area (Å²) in [5, 5.41) is -0.0862. The Kier molecular flexibility index (Phi) is 2.70. The largest absolute Gasteiger partial charge is 0.299 e. The van der Waals surface area contributed by atoms with Crippen LogP contribution in [0.2, 0.25) is 5.02 Å². The van der Waals surface area contributed by atoms with Crippen LogP contribution in [0.25, 0.3) is 0 Å². The monoisotopic (exact) mass is 217 g/mol. The highest BCUT2D eigenvalue weighted by Gasteiger charge is 2.19. The molecule has 0 N–H and O–H groups in total. The summed E-state index contributed by atoms with van der Waals surface area (Å²) in [5.74, 6) is -0.980. The van der Waals surface area contributed by atoms with Gasteiger partial charge in [0.2, 0.25) is 0 Å². The Hall–Kier alpha value is -0.670. The molecule has 1 heterocycles. The molecular formula is C10H10ClF2N. The molecule has 2 rings (SSSR count). The first-order valence-corrected chi connectivity index (χ1v) is 4.91. The molecule has 0 saturated carbocycles. The van der Waals surface area contributed by atoms with Crippen molar-refractivity contribution in [2.75, 3.05) is 13.1 Å². The third-order valence-electron chi connectivity index (χ3n) is 2.47. The maximum atomic E-state index is 13.3. The number of likely N-dealkylation sites (tertiary alicyclic amines) is 1. The summed E-state index contributed by atoms with van der Waals surface area (Å²) in [6, 6.07) is 2.17. The predicted octanol–water partition coefficient (Wildman–Crippen LogP) is 2.82. The Labute approximate surface area is 86.3 Å². The quantitative estimate of drug-likeness (QED) is 0.689. The van der Waals surface area contributed by atoms with Crippen molar-refractivity contribution in [2.24, 2.45) is 0 Å². The lowest BCUT2D eigenvalue weighted by Crippen LogP contribution is -2.36. The van der Waals surface area contributed by atoms with Gasteiger partial charge in [0.15, 0.2) is 0 Å². The molecule has 1 aromatic rings. The van der Waals surface area contributed by atoms with E-state index in [1.807, 2.05) is 4.90 Å². The van der Waals surface area contributed by atoms with Crippen LogP contribution in [0.1, 0.15) is 12.0 Å². The summed E-state index contributed by atoms with van der Waals surface area (Å²) in [5.41, 5.74) is 0.270. The van der Waals surface area contributed by atoms with Crippen molar-refractivity contribution in [3.05, 3.63) is 34.4 Å². The van der Waals surface area contributed by atoms with Crippen molar-refractivity contribution in [2.45, 2.75) is 13.0 Å². The van der Waals surface area contributed by atoms with Gasteiger partial charge in [-0.1, -0.05) is 11.6 Å². The van der Waals surface area contributed by atoms with Crippen LogP contribution in [0.15, 0.2) is 12.1 Å². The number of hydrogen-bond acceptors (Lipinski definition) is 1. The third-order valence-corrected chi connectivity index (χ3v) is 2.88. The van der Waals surface area contributed by atoms with E-state index in [4.69, 9.17) is 11.6 Å². The molecule has 0 amide bonds. The minimum Gasteiger partial charge on any atom is -0.299 e. The number of hydrogen-bond donors (Lipinski definition) is 0. The molecule has 0 aliphatic carbocycles. The summed E-state index contributed by atoms with van der Waals surface area (Å²) < 4.78 is 26.3. The Morgan fingerprint density at radius 2 is 1.86 bits per heavy atom. The van der Waals surface area contributed by atoms with Crippen LogP contribution in [-0.4, -0.2) is 18.0 Å². The smallest absolute Gasteiger partial charge is 0.142 e. The number of rotatable bonds is 2. The van der Waals surface area contributed by atoms with Crippen LogP contribution in [0.3, 0.4) is 0 Å². The molecule has 76 valence electrons. The van der Waals surface area contributed by atoms with Gasteiger partial charge in [-0.2, -0.15) is 0 Å². The Morgan fingerprint density at radius 1 is 1.21 bits per heavy atom. The molecule has 1 fully saturated rings. The van der Waals surface area contributed by atoms with E-state index in [1.54, 1.807) is 0 Å². The number of halogens is 3. The lowest BCUT2D eigenvalue weighted by Gasteiger charge is -2.31. The Bertz CT molecular complexity index is 350. The molecule has 4 heteroatoms. The second-order valence-electron chi connectivity index (χ2n) is 3.45. The first kappa shape index (κ1) is 9.87. The van der Waals surface area contributed by atoms with E-state index in [1.165, 1.54) is 0 Å². The van der Waals surface area contributed by atoms with Crippen molar-refractivity contribution in [1.29, 1.82) is 0 Å². The van der Waals surface area contributed by atoms with Crippen LogP contribution in [0.4, 0.5) is 8.78 Å². The maximum absolute atomic E-state index is 13.3. The molecule has 1 aliphatic heterocycles. The SMILES string of the molecule is Fc1ccc(F)c(CN2CCC2)c1Cl. The zero-order valence-electron chi connectivity index (χ0n) is 7.56. The second kappa shape index (κ2) is 3.83. The zero-order valence-corrected chi connectivity index (χ0v) is 8.32. The van der Waals surface area contributed by atoms with Gasteiger partial charge in [0.1, 0.15) is 11.6 Å². The Balaban J connectivity index is 2.25. The van der Waals surface area contributed by atoms with Crippen molar-refractivity contribution in [3.63, 3.8) is 0 Å². The summed E-state index contributed by atoms with van der Waals surface area (Å²) in [4.78, 5) is 2.03. The van der Waals surface area contributed by atoms with Crippen LogP contribution < -0.4 is 0 Å². The highest BCUT2D eigenvalue weighted by molar-refractivity contribution is 6.31. The van der Waals surface area contributed by atoms with Gasteiger partial charge in [-0.25, -0.2) is 8.78 Å². The van der Waals surface area contributed by atoms with Gasteiger partial charge in [0.25, 0.3) is 0 Å². The van der Waals surface area contributed by atoms with E-state index in [2.05, 4.69) is 0 Å². The predicted molar refractivity (Wildman–Crippen MR) is 51.3 cm³/mol. The van der Waals surface area contributed by atoms with E-state index in [-0.39, 0.29) is 10.6 Å². The summed E-state index contributed by atoms with van der Waals surface area (Å²) in [6.45, 7) is 2.28. The van der Waals surface area contributed by atoms with E-state index in [0.29, 0.717) is 6.54 Å². The lowest BCUT2D eigenvalue weighted by molar-refractivity contribution is 0.170. The van der Waals surface area contributed by atoms with Gasteiger partial charge >= 0.3 is 0 Å². The average molecular weight is 218 g/mol. The molecule has 0 atom stereocenters. The lowest BCUT2D eigenvalue weighted by atomic mass is 10.1. The van der Waals surface area contributed by atoms with Crippen LogP contribution >= 0.6 is 11.6 Å². The van der Waals surface area contributed by atoms with E-state index < -0.39 is 11.6 Å². The number of nitrogens with zero attached hydrogens (tertiary/aromatic N) is 1. The summed E-state index contributed by atoms with van der Waals surface area (Å²) >= 11 is 5.68. The molecule has 1 aliphatic rings. The number of benzene rings is 1. The average Bonchev–Trinajstić information content (AvgIpc) is 2.09. The minimum absolute atomic E-state index is 0.0862. The van der Waals surface area contributed by atoms with Gasteiger partial charge in [-0.15, -0.1) is 0 Å². The third kappa shape index (κ3) is 1.74. The molecule has 0 bridgehead atoms. The molecule has 0 radical (unpaired) electrons. The zero-order chi connectivity index (χ0) is 10.1. The molecule has 1 saturated heterocycles. The van der Waals surface area contributed by atoms with Gasteiger partial charge in [-0.3, -0.25) is 4.90 Å². The fraction of sp³-hybridized carbons (Fsp3) is 0.400. The van der Waals surface area contributed by atoms with Crippen LogP contribution in [0, 0.1) is 11.6 Å². The van der Waals surface area contributed by atoms with Gasteiger partial charge < -0.3 is 0 Å². The van der Waals surface area contributed by atoms with Crippen molar-refractivity contribution < 1.29 is 8.78 Å². The molecule has 1 aromatic carbocycles. The standard InChI is InChI=1S/C10H10ClF2N/c11-10-7(6-14-4-1-5-14)8(12)2-3-9(10)13/h2-3H,1,4-6H2. The van der Waals surface area contributed by atoms with E-state index in [0.717, 1.165) is 31.6 Å². The fourth-order valence-corrected chi connectivity index (χ4v) is 1.69. The van der Waals surface area contributed by atoms with E-state index >= 15 is 0 Å². The van der Waals surface area contributed by atoms with Crippen LogP contribution in [0.5, 0.6) is 0 Å². The summed E-state index contributed by atoms with van der Waals surface area (Å²) in [6.07, 6.45) is 1.12. The molecular weight excluding hydrogens is 208 g/mol. The topological polar surface area (TPSA) is 3.24 Å². The van der Waals surface area contributed by atoms with E-state index in [9.17, 15) is 8.78 Å². The molecule has 14 heavy (non-hydrogen) atoms. The highest BCUT2D eigenvalue weighted by Crippen LogP contribution is 2.25. The normalized spacial score (nSPS) is 16.8. The fourth-order valence-electron chi connectivity index (χ4n) is 1.48. The van der Waals surface area contributed by atoms with Crippen molar-refractivity contribution in [1.82, 2.24) is 4.90 Å². The Morgan fingerprint density at radius 3 is 2.43 bits per heavy atom. The second-order valence-corrected chi connectivity index (χ2v) is 3.83.